The summed E-state index contributed by atoms with van der Waals surface area (Å²) >= 11 is 0. The first-order valence-corrected chi connectivity index (χ1v) is 5.98. The van der Waals surface area contributed by atoms with Gasteiger partial charge >= 0.3 is 0 Å². The van der Waals surface area contributed by atoms with E-state index in [9.17, 15) is 4.79 Å². The van der Waals surface area contributed by atoms with Crippen LogP contribution in [0.3, 0.4) is 0 Å². The van der Waals surface area contributed by atoms with Gasteiger partial charge in [0.25, 0.3) is 5.91 Å². The van der Waals surface area contributed by atoms with Crippen LogP contribution >= 0.6 is 0 Å². The quantitative estimate of drug-likeness (QED) is 0.884. The van der Waals surface area contributed by atoms with E-state index in [1.54, 1.807) is 31.6 Å². The smallest absolute Gasteiger partial charge is 0.255 e. The Kier molecular flexibility index (Phi) is 3.75. The van der Waals surface area contributed by atoms with Gasteiger partial charge < -0.3 is 10.6 Å². The topological polar surface area (TPSA) is 66.9 Å². The number of nitrogens with one attached hydrogen (secondary N) is 2. The van der Waals surface area contributed by atoms with Crippen LogP contribution in [0.25, 0.3) is 0 Å². The third-order valence-electron chi connectivity index (χ3n) is 2.76. The Labute approximate surface area is 112 Å². The second-order valence-corrected chi connectivity index (χ2v) is 4.28. The summed E-state index contributed by atoms with van der Waals surface area (Å²) in [4.78, 5) is 20.5. The Hall–Kier alpha value is -2.43. The largest absolute Gasteiger partial charge is 0.373 e. The third-order valence-corrected chi connectivity index (χ3v) is 2.76. The minimum Gasteiger partial charge on any atom is -0.373 e. The van der Waals surface area contributed by atoms with Gasteiger partial charge in [0.1, 0.15) is 5.82 Å². The Bertz CT molecular complexity index is 610. The molecule has 0 aromatic carbocycles. The number of amides is 1. The maximum absolute atomic E-state index is 12.2. The van der Waals surface area contributed by atoms with Crippen molar-refractivity contribution in [3.05, 3.63) is 47.4 Å². The van der Waals surface area contributed by atoms with Crippen LogP contribution in [0.15, 0.2) is 30.6 Å². The second-order valence-electron chi connectivity index (χ2n) is 4.28. The maximum atomic E-state index is 12.2. The molecule has 2 N–H and O–H groups in total. The van der Waals surface area contributed by atoms with Crippen LogP contribution in [0.4, 0.5) is 11.5 Å². The van der Waals surface area contributed by atoms with Crippen LogP contribution in [0, 0.1) is 13.8 Å². The maximum Gasteiger partial charge on any atom is 0.255 e. The standard InChI is InChI=1S/C14H16N4O/c1-9-4-5-16-8-12(9)18-14(19)11-6-10(2)17-13(7-11)15-3/h4-8H,1-3H3,(H,15,17)(H,18,19). The van der Waals surface area contributed by atoms with Gasteiger partial charge in [-0.3, -0.25) is 9.78 Å². The summed E-state index contributed by atoms with van der Waals surface area (Å²) in [5, 5.41) is 5.78. The molecule has 98 valence electrons. The van der Waals surface area contributed by atoms with Crippen LogP contribution in [0.5, 0.6) is 0 Å². The van der Waals surface area contributed by atoms with Crippen molar-refractivity contribution in [3.8, 4) is 0 Å². The van der Waals surface area contributed by atoms with Crippen LogP contribution in [0.2, 0.25) is 0 Å². The van der Waals surface area contributed by atoms with Crippen molar-refractivity contribution < 1.29 is 4.79 Å². The molecule has 0 spiro atoms. The number of pyridine rings is 2. The lowest BCUT2D eigenvalue weighted by Gasteiger charge is -2.09. The lowest BCUT2D eigenvalue weighted by atomic mass is 10.2. The number of hydrogen-bond donors (Lipinski definition) is 2. The molecule has 19 heavy (non-hydrogen) atoms. The fourth-order valence-electron chi connectivity index (χ4n) is 1.72. The zero-order valence-electron chi connectivity index (χ0n) is 11.2. The fraction of sp³-hybridized carbons (Fsp3) is 0.214. The van der Waals surface area contributed by atoms with Crippen molar-refractivity contribution >= 4 is 17.4 Å². The average Bonchev–Trinajstić information content (AvgIpc) is 2.40. The first-order chi connectivity index (χ1) is 9.10. The highest BCUT2D eigenvalue weighted by Crippen LogP contribution is 2.15. The molecule has 0 aliphatic carbocycles. The van der Waals surface area contributed by atoms with E-state index in [-0.39, 0.29) is 5.91 Å². The van der Waals surface area contributed by atoms with Crippen LogP contribution in [0.1, 0.15) is 21.6 Å². The van der Waals surface area contributed by atoms with Crippen molar-refractivity contribution in [2.24, 2.45) is 0 Å². The van der Waals surface area contributed by atoms with E-state index >= 15 is 0 Å². The molecule has 1 amide bonds. The van der Waals surface area contributed by atoms with Crippen LogP contribution in [-0.4, -0.2) is 22.9 Å². The fourth-order valence-corrected chi connectivity index (χ4v) is 1.72. The second kappa shape index (κ2) is 5.48. The first-order valence-electron chi connectivity index (χ1n) is 5.98. The van der Waals surface area contributed by atoms with E-state index < -0.39 is 0 Å². The molecule has 2 rings (SSSR count). The number of hydrogen-bond acceptors (Lipinski definition) is 4. The molecule has 2 heterocycles. The number of aromatic nitrogens is 2. The summed E-state index contributed by atoms with van der Waals surface area (Å²) in [7, 11) is 1.77. The van der Waals surface area contributed by atoms with Crippen molar-refractivity contribution in [2.75, 3.05) is 17.7 Å². The normalized spacial score (nSPS) is 10.1. The number of aryl methyl sites for hydroxylation is 2. The minimum atomic E-state index is -0.168. The van der Waals surface area contributed by atoms with Crippen molar-refractivity contribution in [2.45, 2.75) is 13.8 Å². The predicted molar refractivity (Wildman–Crippen MR) is 75.4 cm³/mol. The SMILES string of the molecule is CNc1cc(C(=O)Nc2cnccc2C)cc(C)n1. The molecule has 2 aromatic rings. The molecule has 5 heteroatoms. The highest BCUT2D eigenvalue weighted by molar-refractivity contribution is 6.05. The van der Waals surface area contributed by atoms with Crippen molar-refractivity contribution in [3.63, 3.8) is 0 Å². The summed E-state index contributed by atoms with van der Waals surface area (Å²) < 4.78 is 0. The molecule has 0 saturated carbocycles. The summed E-state index contributed by atoms with van der Waals surface area (Å²) in [6.07, 6.45) is 3.33. The molecule has 2 aromatic heterocycles. The Balaban J connectivity index is 2.25. The lowest BCUT2D eigenvalue weighted by molar-refractivity contribution is 0.102. The molecule has 0 aliphatic rings. The molecule has 0 bridgehead atoms. The summed E-state index contributed by atoms with van der Waals surface area (Å²) in [5.74, 6) is 0.506. The zero-order chi connectivity index (χ0) is 13.8. The summed E-state index contributed by atoms with van der Waals surface area (Å²) in [6, 6.07) is 5.32. The summed E-state index contributed by atoms with van der Waals surface area (Å²) in [6.45, 7) is 3.78. The third kappa shape index (κ3) is 3.07. The number of carbonyl (C=O) groups is 1. The molecule has 0 unspecified atom stereocenters. The highest BCUT2D eigenvalue weighted by Gasteiger charge is 2.09. The number of carbonyl (C=O) groups excluding carboxylic acids is 1. The van der Waals surface area contributed by atoms with E-state index in [4.69, 9.17) is 0 Å². The first kappa shape index (κ1) is 13.0. The van der Waals surface area contributed by atoms with E-state index in [1.165, 1.54) is 0 Å². The van der Waals surface area contributed by atoms with E-state index in [2.05, 4.69) is 20.6 Å². The molecule has 0 fully saturated rings. The Morgan fingerprint density at radius 1 is 1.26 bits per heavy atom. The molecule has 0 atom stereocenters. The number of nitrogens with zero attached hydrogens (tertiary/aromatic N) is 2. The van der Waals surface area contributed by atoms with Gasteiger partial charge in [-0.2, -0.15) is 0 Å². The number of anilines is 2. The lowest BCUT2D eigenvalue weighted by Crippen LogP contribution is -2.14. The van der Waals surface area contributed by atoms with Crippen molar-refractivity contribution in [1.82, 2.24) is 9.97 Å². The molecule has 0 radical (unpaired) electrons. The van der Waals surface area contributed by atoms with Gasteiger partial charge in [-0.05, 0) is 37.6 Å². The van der Waals surface area contributed by atoms with Gasteiger partial charge in [-0.15, -0.1) is 0 Å². The molecular weight excluding hydrogens is 240 g/mol. The Morgan fingerprint density at radius 3 is 2.74 bits per heavy atom. The van der Waals surface area contributed by atoms with E-state index in [0.717, 1.165) is 11.3 Å². The molecular formula is C14H16N4O. The van der Waals surface area contributed by atoms with E-state index in [1.807, 2.05) is 19.9 Å². The average molecular weight is 256 g/mol. The summed E-state index contributed by atoms with van der Waals surface area (Å²) in [5.41, 5.74) is 3.05. The highest BCUT2D eigenvalue weighted by atomic mass is 16.1. The van der Waals surface area contributed by atoms with E-state index in [0.29, 0.717) is 17.1 Å². The molecule has 0 aliphatic heterocycles. The van der Waals surface area contributed by atoms with Gasteiger partial charge in [-0.1, -0.05) is 0 Å². The van der Waals surface area contributed by atoms with Gasteiger partial charge in [0.2, 0.25) is 0 Å². The minimum absolute atomic E-state index is 0.168. The molecule has 0 saturated heterocycles. The van der Waals surface area contributed by atoms with Gasteiger partial charge in [0, 0.05) is 24.5 Å². The van der Waals surface area contributed by atoms with Crippen LogP contribution < -0.4 is 10.6 Å². The van der Waals surface area contributed by atoms with Gasteiger partial charge in [0.05, 0.1) is 11.9 Å². The van der Waals surface area contributed by atoms with Crippen molar-refractivity contribution in [1.29, 1.82) is 0 Å². The molecule has 5 nitrogen and oxygen atoms in total. The zero-order valence-corrected chi connectivity index (χ0v) is 11.2. The van der Waals surface area contributed by atoms with Crippen LogP contribution in [-0.2, 0) is 0 Å². The predicted octanol–water partition coefficient (Wildman–Crippen LogP) is 2.39. The number of rotatable bonds is 3. The monoisotopic (exact) mass is 256 g/mol. The van der Waals surface area contributed by atoms with Gasteiger partial charge in [-0.25, -0.2) is 4.98 Å². The van der Waals surface area contributed by atoms with Gasteiger partial charge in [0.15, 0.2) is 0 Å². The Morgan fingerprint density at radius 2 is 2.05 bits per heavy atom.